The van der Waals surface area contributed by atoms with Crippen LogP contribution in [0.3, 0.4) is 0 Å². The molecule has 0 spiro atoms. The summed E-state index contributed by atoms with van der Waals surface area (Å²) in [4.78, 5) is 49.5. The van der Waals surface area contributed by atoms with Crippen LogP contribution >= 0.6 is 0 Å². The lowest BCUT2D eigenvalue weighted by Crippen LogP contribution is -2.62. The van der Waals surface area contributed by atoms with Crippen molar-refractivity contribution in [2.75, 3.05) is 0 Å². The molecule has 2 aliphatic heterocycles. The molecule has 5 atom stereocenters. The van der Waals surface area contributed by atoms with Crippen LogP contribution in [0, 0.1) is 12.3 Å². The number of carbonyl (C=O) groups is 2. The first kappa shape index (κ1) is 20.9. The summed E-state index contributed by atoms with van der Waals surface area (Å²) in [6.45, 7) is 5.66. The third-order valence-corrected chi connectivity index (χ3v) is 7.94. The van der Waals surface area contributed by atoms with E-state index >= 15 is 0 Å². The van der Waals surface area contributed by atoms with Gasteiger partial charge in [-0.15, -0.1) is 0 Å². The lowest BCUT2D eigenvalue weighted by atomic mass is 9.64. The molecule has 1 saturated carbocycles. The van der Waals surface area contributed by atoms with Crippen LogP contribution in [0.1, 0.15) is 61.3 Å². The fourth-order valence-electron chi connectivity index (χ4n) is 6.75. The lowest BCUT2D eigenvalue weighted by molar-refractivity contribution is -0.142. The number of aromatic nitrogens is 2. The molecule has 0 unspecified atom stereocenters. The van der Waals surface area contributed by atoms with Gasteiger partial charge in [-0.05, 0) is 50.7 Å². The molecule has 3 aliphatic rings. The van der Waals surface area contributed by atoms with E-state index in [1.165, 1.54) is 0 Å². The van der Waals surface area contributed by atoms with Gasteiger partial charge in [0.2, 0.25) is 5.91 Å². The molecular weight excluding hydrogens is 404 g/mol. The summed E-state index contributed by atoms with van der Waals surface area (Å²) in [5.74, 6) is -0.117. The van der Waals surface area contributed by atoms with Gasteiger partial charge in [0, 0.05) is 30.1 Å². The number of hydrogen-bond acceptors (Lipinski definition) is 4. The molecule has 3 fully saturated rings. The zero-order valence-corrected chi connectivity index (χ0v) is 18.9. The van der Waals surface area contributed by atoms with E-state index in [0.29, 0.717) is 12.1 Å². The van der Waals surface area contributed by atoms with E-state index in [2.05, 4.69) is 33.9 Å². The molecule has 7 nitrogen and oxygen atoms in total. The number of likely N-dealkylation sites (tertiary alicyclic amines) is 2. The van der Waals surface area contributed by atoms with Crippen molar-refractivity contribution in [2.45, 2.75) is 77.0 Å². The molecular formula is C25H30N4O3. The highest BCUT2D eigenvalue weighted by Crippen LogP contribution is 2.56. The van der Waals surface area contributed by atoms with Crippen molar-refractivity contribution in [3.8, 4) is 0 Å². The molecule has 1 aliphatic carbocycles. The van der Waals surface area contributed by atoms with Crippen LogP contribution in [0.2, 0.25) is 0 Å². The smallest absolute Gasteiger partial charge is 0.334 e. The number of fused-ring (bicyclic) bond motifs is 1. The molecule has 0 radical (unpaired) electrons. The van der Waals surface area contributed by atoms with Crippen LogP contribution in [-0.4, -0.2) is 55.7 Å². The maximum Gasteiger partial charge on any atom is 0.345 e. The average molecular weight is 435 g/mol. The van der Waals surface area contributed by atoms with Crippen molar-refractivity contribution in [3.05, 3.63) is 63.8 Å². The van der Waals surface area contributed by atoms with Gasteiger partial charge in [-0.1, -0.05) is 37.3 Å². The number of piperidine rings is 1. The van der Waals surface area contributed by atoms with Crippen LogP contribution < -0.4 is 5.69 Å². The van der Waals surface area contributed by atoms with Crippen molar-refractivity contribution < 1.29 is 9.59 Å². The predicted molar refractivity (Wildman–Crippen MR) is 120 cm³/mol. The SMILES string of the molecule is CC(=O)N1[C@@H](Cc2ccccc2)[C@@H]2C[C@@]3(C)[C@H](CCC[C@@H]13)N2C(=O)c1cc(C)[nH]c(=O)n1. The van der Waals surface area contributed by atoms with E-state index in [-0.39, 0.29) is 47.1 Å². The number of H-pyrrole nitrogens is 1. The van der Waals surface area contributed by atoms with Gasteiger partial charge >= 0.3 is 5.69 Å². The maximum atomic E-state index is 13.8. The van der Waals surface area contributed by atoms with E-state index in [9.17, 15) is 14.4 Å². The monoisotopic (exact) mass is 434 g/mol. The molecule has 3 heterocycles. The molecule has 1 aromatic carbocycles. The number of nitrogens with one attached hydrogen (secondary N) is 1. The minimum atomic E-state index is -0.505. The zero-order valence-electron chi connectivity index (χ0n) is 18.9. The molecule has 1 aromatic heterocycles. The summed E-state index contributed by atoms with van der Waals surface area (Å²) in [6, 6.07) is 11.8. The van der Waals surface area contributed by atoms with Gasteiger partial charge in [0.05, 0.1) is 12.1 Å². The van der Waals surface area contributed by atoms with Gasteiger partial charge in [-0.3, -0.25) is 9.59 Å². The second-order valence-electron chi connectivity index (χ2n) is 9.89. The molecule has 7 heteroatoms. The molecule has 2 amide bonds. The molecule has 5 rings (SSSR count). The van der Waals surface area contributed by atoms with Gasteiger partial charge in [-0.2, -0.15) is 4.98 Å². The maximum absolute atomic E-state index is 13.8. The Morgan fingerprint density at radius 3 is 2.50 bits per heavy atom. The van der Waals surface area contributed by atoms with Crippen molar-refractivity contribution in [3.63, 3.8) is 0 Å². The Morgan fingerprint density at radius 1 is 1.16 bits per heavy atom. The molecule has 2 aromatic rings. The van der Waals surface area contributed by atoms with Crippen LogP contribution in [0.4, 0.5) is 0 Å². The minimum absolute atomic E-state index is 0.0442. The van der Waals surface area contributed by atoms with Crippen molar-refractivity contribution in [2.24, 2.45) is 5.41 Å². The first-order chi connectivity index (χ1) is 15.3. The summed E-state index contributed by atoms with van der Waals surface area (Å²) in [6.07, 6.45) is 4.44. The van der Waals surface area contributed by atoms with Crippen molar-refractivity contribution in [1.29, 1.82) is 0 Å². The van der Waals surface area contributed by atoms with Gasteiger partial charge in [0.1, 0.15) is 5.69 Å². The number of carbonyl (C=O) groups excluding carboxylic acids is 2. The number of aryl methyl sites for hydroxylation is 1. The lowest BCUT2D eigenvalue weighted by Gasteiger charge is -2.52. The Morgan fingerprint density at radius 2 is 1.84 bits per heavy atom. The van der Waals surface area contributed by atoms with Crippen LogP contribution in [-0.2, 0) is 11.2 Å². The van der Waals surface area contributed by atoms with Gasteiger partial charge < -0.3 is 14.8 Å². The topological polar surface area (TPSA) is 86.4 Å². The van der Waals surface area contributed by atoms with Crippen LogP contribution in [0.25, 0.3) is 0 Å². The van der Waals surface area contributed by atoms with E-state index in [1.54, 1.807) is 19.9 Å². The summed E-state index contributed by atoms with van der Waals surface area (Å²) >= 11 is 0. The van der Waals surface area contributed by atoms with E-state index in [4.69, 9.17) is 0 Å². The standard InChI is InChI=1S/C25H30N4O3/c1-15-12-18(27-24(32)26-15)23(31)29-20-14-25(3)21(10-7-11-22(25)29)28(16(2)30)19(20)13-17-8-5-4-6-9-17/h4-6,8-9,12,19-22H,7,10-11,13-14H2,1-3H3,(H,26,27,32)/t19-,20-,21+,22-,25+/m0/s1. The Labute approximate surface area is 187 Å². The normalized spacial score (nSPS) is 31.0. The Balaban J connectivity index is 1.61. The van der Waals surface area contributed by atoms with Crippen LogP contribution in [0.15, 0.2) is 41.2 Å². The second kappa shape index (κ2) is 7.57. The Kier molecular flexibility index (Phi) is 4.95. The van der Waals surface area contributed by atoms with Crippen molar-refractivity contribution >= 4 is 11.8 Å². The van der Waals surface area contributed by atoms with Gasteiger partial charge in [0.25, 0.3) is 5.91 Å². The minimum Gasteiger partial charge on any atom is -0.334 e. The highest BCUT2D eigenvalue weighted by atomic mass is 16.2. The summed E-state index contributed by atoms with van der Waals surface area (Å²) in [5, 5.41) is 0. The molecule has 168 valence electrons. The summed E-state index contributed by atoms with van der Waals surface area (Å²) in [5.41, 5.74) is 1.32. The average Bonchev–Trinajstić information content (AvgIpc) is 3.05. The molecule has 32 heavy (non-hydrogen) atoms. The largest absolute Gasteiger partial charge is 0.345 e. The van der Waals surface area contributed by atoms with Gasteiger partial charge in [0.15, 0.2) is 0 Å². The van der Waals surface area contributed by atoms with E-state index < -0.39 is 5.69 Å². The third kappa shape index (κ3) is 3.17. The number of nitrogens with zero attached hydrogens (tertiary/aromatic N) is 3. The van der Waals surface area contributed by atoms with E-state index in [0.717, 1.165) is 31.2 Å². The highest BCUT2D eigenvalue weighted by molar-refractivity contribution is 5.93. The first-order valence-electron chi connectivity index (χ1n) is 11.5. The quantitative estimate of drug-likeness (QED) is 0.805. The fourth-order valence-corrected chi connectivity index (χ4v) is 6.75. The van der Waals surface area contributed by atoms with Crippen LogP contribution in [0.5, 0.6) is 0 Å². The number of rotatable bonds is 3. The zero-order chi connectivity index (χ0) is 22.6. The molecule has 2 saturated heterocycles. The number of aromatic amines is 1. The summed E-state index contributed by atoms with van der Waals surface area (Å²) in [7, 11) is 0. The third-order valence-electron chi connectivity index (χ3n) is 7.94. The second-order valence-corrected chi connectivity index (χ2v) is 9.89. The molecule has 2 bridgehead atoms. The number of benzene rings is 1. The highest BCUT2D eigenvalue weighted by Gasteiger charge is 2.64. The molecule has 1 N–H and O–H groups in total. The Hall–Kier alpha value is -2.96. The fraction of sp³-hybridized carbons (Fsp3) is 0.520. The predicted octanol–water partition coefficient (Wildman–Crippen LogP) is 2.69. The Bertz CT molecular complexity index is 1110. The summed E-state index contributed by atoms with van der Waals surface area (Å²) < 4.78 is 0. The van der Waals surface area contributed by atoms with E-state index in [1.807, 2.05) is 23.1 Å². The number of hydrogen-bond donors (Lipinski definition) is 1. The van der Waals surface area contributed by atoms with Gasteiger partial charge in [-0.25, -0.2) is 4.79 Å². The van der Waals surface area contributed by atoms with Crippen molar-refractivity contribution in [1.82, 2.24) is 19.8 Å². The first-order valence-corrected chi connectivity index (χ1v) is 11.5. The number of amides is 2.